The fourth-order valence-corrected chi connectivity index (χ4v) is 3.09. The first kappa shape index (κ1) is 15.3. The second-order valence-electron chi connectivity index (χ2n) is 5.72. The van der Waals surface area contributed by atoms with E-state index in [9.17, 15) is 0 Å². The third kappa shape index (κ3) is 3.33. The summed E-state index contributed by atoms with van der Waals surface area (Å²) in [4.78, 5) is 0. The number of nitrogens with two attached hydrogens (primary N) is 1. The molecule has 2 rings (SSSR count). The Morgan fingerprint density at radius 1 is 1.15 bits per heavy atom. The van der Waals surface area contributed by atoms with Crippen LogP contribution in [0.3, 0.4) is 0 Å². The van der Waals surface area contributed by atoms with Crippen LogP contribution in [0.4, 0.5) is 0 Å². The van der Waals surface area contributed by atoms with Gasteiger partial charge >= 0.3 is 0 Å². The van der Waals surface area contributed by atoms with Crippen LogP contribution in [-0.4, -0.2) is 19.3 Å². The van der Waals surface area contributed by atoms with Gasteiger partial charge in [-0.25, -0.2) is 0 Å². The van der Waals surface area contributed by atoms with E-state index >= 15 is 0 Å². The lowest BCUT2D eigenvalue weighted by Crippen LogP contribution is -2.44. The molecule has 1 aromatic carbocycles. The third-order valence-corrected chi connectivity index (χ3v) is 4.39. The zero-order chi connectivity index (χ0) is 14.4. The van der Waals surface area contributed by atoms with Crippen LogP contribution in [-0.2, 0) is 4.74 Å². The van der Waals surface area contributed by atoms with Crippen molar-refractivity contribution in [2.24, 2.45) is 5.73 Å². The Morgan fingerprint density at radius 3 is 2.35 bits per heavy atom. The Morgan fingerprint density at radius 2 is 1.80 bits per heavy atom. The fraction of sp³-hybridized carbons (Fsp3) is 0.647. The molecule has 0 spiro atoms. The van der Waals surface area contributed by atoms with Crippen LogP contribution >= 0.6 is 0 Å². The molecule has 0 radical (unpaired) electrons. The van der Waals surface area contributed by atoms with Gasteiger partial charge in [0.15, 0.2) is 0 Å². The molecule has 20 heavy (non-hydrogen) atoms. The van der Waals surface area contributed by atoms with E-state index in [0.717, 1.165) is 37.2 Å². The standard InChI is InChI=1S/C17H27NO2/c1-3-13-20-15-9-7-14(8-10-15)16(18)17(19-2)11-5-4-6-12-17/h7-10,16H,3-6,11-13,18H2,1-2H3. The average molecular weight is 277 g/mol. The number of methoxy groups -OCH3 is 1. The Hall–Kier alpha value is -1.06. The van der Waals surface area contributed by atoms with Gasteiger partial charge in [-0.05, 0) is 37.0 Å². The summed E-state index contributed by atoms with van der Waals surface area (Å²) in [5, 5.41) is 0. The van der Waals surface area contributed by atoms with E-state index < -0.39 is 0 Å². The maximum atomic E-state index is 6.50. The molecule has 1 saturated carbocycles. The lowest BCUT2D eigenvalue weighted by molar-refractivity contribution is -0.0595. The van der Waals surface area contributed by atoms with Gasteiger partial charge in [-0.15, -0.1) is 0 Å². The number of hydrogen-bond acceptors (Lipinski definition) is 3. The van der Waals surface area contributed by atoms with Crippen LogP contribution in [0.5, 0.6) is 5.75 Å². The van der Waals surface area contributed by atoms with Crippen LogP contribution in [0.1, 0.15) is 57.1 Å². The van der Waals surface area contributed by atoms with E-state index in [1.165, 1.54) is 19.3 Å². The smallest absolute Gasteiger partial charge is 0.119 e. The molecular formula is C17H27NO2. The largest absolute Gasteiger partial charge is 0.494 e. The van der Waals surface area contributed by atoms with E-state index in [1.807, 2.05) is 12.1 Å². The van der Waals surface area contributed by atoms with E-state index in [1.54, 1.807) is 7.11 Å². The summed E-state index contributed by atoms with van der Waals surface area (Å²) >= 11 is 0. The second-order valence-corrected chi connectivity index (χ2v) is 5.72. The molecular weight excluding hydrogens is 250 g/mol. The van der Waals surface area contributed by atoms with Crippen molar-refractivity contribution in [1.29, 1.82) is 0 Å². The van der Waals surface area contributed by atoms with Gasteiger partial charge in [0.25, 0.3) is 0 Å². The van der Waals surface area contributed by atoms with Crippen molar-refractivity contribution in [1.82, 2.24) is 0 Å². The van der Waals surface area contributed by atoms with Crippen molar-refractivity contribution < 1.29 is 9.47 Å². The van der Waals surface area contributed by atoms with Gasteiger partial charge in [0.1, 0.15) is 5.75 Å². The lowest BCUT2D eigenvalue weighted by atomic mass is 9.77. The molecule has 0 bridgehead atoms. The van der Waals surface area contributed by atoms with Crippen molar-refractivity contribution in [3.63, 3.8) is 0 Å². The van der Waals surface area contributed by atoms with Crippen molar-refractivity contribution in [2.45, 2.75) is 57.1 Å². The molecule has 0 aliphatic heterocycles. The number of hydrogen-bond donors (Lipinski definition) is 1. The quantitative estimate of drug-likeness (QED) is 0.859. The van der Waals surface area contributed by atoms with Gasteiger partial charge in [0.05, 0.1) is 18.2 Å². The van der Waals surface area contributed by atoms with Gasteiger partial charge < -0.3 is 15.2 Å². The summed E-state index contributed by atoms with van der Waals surface area (Å²) in [6, 6.07) is 8.11. The maximum Gasteiger partial charge on any atom is 0.119 e. The molecule has 1 atom stereocenters. The van der Waals surface area contributed by atoms with Crippen LogP contribution in [0.25, 0.3) is 0 Å². The number of ether oxygens (including phenoxy) is 2. The van der Waals surface area contributed by atoms with Crippen molar-refractivity contribution >= 4 is 0 Å². The molecule has 1 fully saturated rings. The van der Waals surface area contributed by atoms with Gasteiger partial charge in [0.2, 0.25) is 0 Å². The zero-order valence-corrected chi connectivity index (χ0v) is 12.7. The minimum Gasteiger partial charge on any atom is -0.494 e. The summed E-state index contributed by atoms with van der Waals surface area (Å²) in [5.41, 5.74) is 7.45. The highest BCUT2D eigenvalue weighted by molar-refractivity contribution is 5.30. The van der Waals surface area contributed by atoms with Crippen LogP contribution in [0.15, 0.2) is 24.3 Å². The van der Waals surface area contributed by atoms with Gasteiger partial charge in [-0.1, -0.05) is 38.3 Å². The van der Waals surface area contributed by atoms with Gasteiger partial charge in [-0.2, -0.15) is 0 Å². The SMILES string of the molecule is CCCOc1ccc(C(N)C2(OC)CCCCC2)cc1. The first-order chi connectivity index (χ1) is 9.72. The van der Waals surface area contributed by atoms with Gasteiger partial charge in [-0.3, -0.25) is 0 Å². The van der Waals surface area contributed by atoms with E-state index in [2.05, 4.69) is 19.1 Å². The summed E-state index contributed by atoms with van der Waals surface area (Å²) in [5.74, 6) is 0.915. The summed E-state index contributed by atoms with van der Waals surface area (Å²) in [6.07, 6.45) is 6.84. The molecule has 0 aromatic heterocycles. The average Bonchev–Trinajstić information content (AvgIpc) is 2.53. The Labute approximate surface area is 122 Å². The van der Waals surface area contributed by atoms with Crippen molar-refractivity contribution in [3.05, 3.63) is 29.8 Å². The molecule has 1 aromatic rings. The van der Waals surface area contributed by atoms with E-state index in [0.29, 0.717) is 0 Å². The highest BCUT2D eigenvalue weighted by Gasteiger charge is 2.38. The predicted octanol–water partition coefficient (Wildman–Crippen LogP) is 3.82. The molecule has 0 saturated heterocycles. The first-order valence-electron chi connectivity index (χ1n) is 7.75. The zero-order valence-electron chi connectivity index (χ0n) is 12.7. The van der Waals surface area contributed by atoms with E-state index in [-0.39, 0.29) is 11.6 Å². The predicted molar refractivity (Wildman–Crippen MR) is 82.0 cm³/mol. The molecule has 0 heterocycles. The maximum absolute atomic E-state index is 6.50. The Kier molecular flexibility index (Phi) is 5.44. The van der Waals surface area contributed by atoms with Crippen LogP contribution in [0.2, 0.25) is 0 Å². The topological polar surface area (TPSA) is 44.5 Å². The van der Waals surface area contributed by atoms with Crippen molar-refractivity contribution in [3.8, 4) is 5.75 Å². The van der Waals surface area contributed by atoms with Crippen molar-refractivity contribution in [2.75, 3.05) is 13.7 Å². The summed E-state index contributed by atoms with van der Waals surface area (Å²) in [7, 11) is 1.80. The summed E-state index contributed by atoms with van der Waals surface area (Å²) < 4.78 is 11.4. The Bertz CT molecular complexity index is 396. The minimum atomic E-state index is -0.190. The molecule has 2 N–H and O–H groups in total. The molecule has 1 aliphatic carbocycles. The normalized spacial score (nSPS) is 19.6. The highest BCUT2D eigenvalue weighted by atomic mass is 16.5. The van der Waals surface area contributed by atoms with Crippen LogP contribution < -0.4 is 10.5 Å². The first-order valence-corrected chi connectivity index (χ1v) is 7.75. The molecule has 1 unspecified atom stereocenters. The monoisotopic (exact) mass is 277 g/mol. The highest BCUT2D eigenvalue weighted by Crippen LogP contribution is 2.40. The summed E-state index contributed by atoms with van der Waals surface area (Å²) in [6.45, 7) is 2.86. The van der Waals surface area contributed by atoms with E-state index in [4.69, 9.17) is 15.2 Å². The van der Waals surface area contributed by atoms with Crippen LogP contribution in [0, 0.1) is 0 Å². The minimum absolute atomic E-state index is 0.0620. The Balaban J connectivity index is 2.09. The number of benzene rings is 1. The third-order valence-electron chi connectivity index (χ3n) is 4.39. The molecule has 1 aliphatic rings. The number of rotatable bonds is 6. The molecule has 3 nitrogen and oxygen atoms in total. The fourth-order valence-electron chi connectivity index (χ4n) is 3.09. The molecule has 112 valence electrons. The molecule has 0 amide bonds. The van der Waals surface area contributed by atoms with Gasteiger partial charge in [0, 0.05) is 7.11 Å². The molecule has 3 heteroatoms. The second kappa shape index (κ2) is 7.09. The lowest BCUT2D eigenvalue weighted by Gasteiger charge is -2.41.